The largest absolute Gasteiger partial charge is 0.440 e. The molecule has 1 fully saturated rings. The van der Waals surface area contributed by atoms with E-state index < -0.39 is 6.04 Å². The summed E-state index contributed by atoms with van der Waals surface area (Å²) in [5.41, 5.74) is 7.58. The van der Waals surface area contributed by atoms with Crippen LogP contribution in [0.4, 0.5) is 5.69 Å². The van der Waals surface area contributed by atoms with Crippen molar-refractivity contribution in [2.24, 2.45) is 11.7 Å². The van der Waals surface area contributed by atoms with Gasteiger partial charge in [0.15, 0.2) is 11.7 Å². The van der Waals surface area contributed by atoms with Crippen LogP contribution < -0.4 is 11.1 Å². The van der Waals surface area contributed by atoms with E-state index in [9.17, 15) is 4.79 Å². The predicted octanol–water partition coefficient (Wildman–Crippen LogP) is 3.53. The Kier molecular flexibility index (Phi) is 4.48. The van der Waals surface area contributed by atoms with E-state index in [1.54, 1.807) is 6.20 Å². The number of nitrogens with zero attached hydrogens (tertiary/aromatic N) is 1. The smallest absolute Gasteiger partial charge is 0.241 e. The van der Waals surface area contributed by atoms with Gasteiger partial charge in [-0.05, 0) is 49.4 Å². The Balaban J connectivity index is 1.63. The highest BCUT2D eigenvalue weighted by atomic mass is 16.4. The highest BCUT2D eigenvalue weighted by Gasteiger charge is 2.28. The second-order valence-electron chi connectivity index (χ2n) is 6.64. The summed E-state index contributed by atoms with van der Waals surface area (Å²) < 4.78 is 5.78. The van der Waals surface area contributed by atoms with Gasteiger partial charge in [0.05, 0.1) is 12.2 Å². The molecule has 1 amide bonds. The van der Waals surface area contributed by atoms with Crippen LogP contribution >= 0.6 is 0 Å². The molecule has 1 atom stereocenters. The molecule has 1 aromatic carbocycles. The molecule has 23 heavy (non-hydrogen) atoms. The van der Waals surface area contributed by atoms with Gasteiger partial charge in [-0.2, -0.15) is 0 Å². The van der Waals surface area contributed by atoms with Crippen molar-refractivity contribution in [1.82, 2.24) is 4.98 Å². The topological polar surface area (TPSA) is 81.2 Å². The Morgan fingerprint density at radius 1 is 1.35 bits per heavy atom. The van der Waals surface area contributed by atoms with E-state index in [0.29, 0.717) is 18.3 Å². The number of oxazole rings is 1. The molecular weight excluding hydrogens is 290 g/mol. The SMILES string of the molecule is CC(C)C[C@H](N)C(=O)Nc1ccc(-c2cnc(C3CC3)o2)cc1. The number of hydrogen-bond acceptors (Lipinski definition) is 4. The van der Waals surface area contributed by atoms with Crippen LogP contribution in [0, 0.1) is 5.92 Å². The molecule has 0 spiro atoms. The molecule has 0 radical (unpaired) electrons. The van der Waals surface area contributed by atoms with Crippen LogP contribution in [0.1, 0.15) is 44.9 Å². The summed E-state index contributed by atoms with van der Waals surface area (Å²) in [5.74, 6) is 2.34. The van der Waals surface area contributed by atoms with E-state index in [2.05, 4.69) is 24.1 Å². The van der Waals surface area contributed by atoms with Gasteiger partial charge >= 0.3 is 0 Å². The van der Waals surface area contributed by atoms with Crippen molar-refractivity contribution in [2.75, 3.05) is 5.32 Å². The lowest BCUT2D eigenvalue weighted by atomic mass is 10.0. The number of rotatable bonds is 6. The monoisotopic (exact) mass is 313 g/mol. The average Bonchev–Trinajstić information content (AvgIpc) is 3.25. The van der Waals surface area contributed by atoms with Gasteiger partial charge < -0.3 is 15.5 Å². The van der Waals surface area contributed by atoms with Gasteiger partial charge in [0.1, 0.15) is 0 Å². The Morgan fingerprint density at radius 2 is 2.04 bits per heavy atom. The van der Waals surface area contributed by atoms with Crippen LogP contribution in [-0.4, -0.2) is 16.9 Å². The second-order valence-corrected chi connectivity index (χ2v) is 6.64. The summed E-state index contributed by atoms with van der Waals surface area (Å²) in [5, 5.41) is 2.85. The fraction of sp³-hybridized carbons (Fsp3) is 0.444. The molecule has 1 saturated carbocycles. The molecule has 3 rings (SSSR count). The number of amides is 1. The number of anilines is 1. The lowest BCUT2D eigenvalue weighted by Gasteiger charge is -2.14. The number of nitrogens with one attached hydrogen (secondary N) is 1. The summed E-state index contributed by atoms with van der Waals surface area (Å²) in [6.07, 6.45) is 4.77. The number of aromatic nitrogens is 1. The molecule has 3 N–H and O–H groups in total. The summed E-state index contributed by atoms with van der Waals surface area (Å²) in [4.78, 5) is 16.3. The maximum Gasteiger partial charge on any atom is 0.241 e. The van der Waals surface area contributed by atoms with Gasteiger partial charge in [-0.3, -0.25) is 4.79 Å². The van der Waals surface area contributed by atoms with E-state index >= 15 is 0 Å². The Hall–Kier alpha value is -2.14. The minimum absolute atomic E-state index is 0.151. The molecular formula is C18H23N3O2. The van der Waals surface area contributed by atoms with E-state index in [1.807, 2.05) is 24.3 Å². The summed E-state index contributed by atoms with van der Waals surface area (Å²) >= 11 is 0. The minimum atomic E-state index is -0.481. The molecule has 0 unspecified atom stereocenters. The molecule has 0 aliphatic heterocycles. The number of carbonyl (C=O) groups is 1. The first-order chi connectivity index (χ1) is 11.0. The van der Waals surface area contributed by atoms with Crippen molar-refractivity contribution in [3.8, 4) is 11.3 Å². The third-order valence-electron chi connectivity index (χ3n) is 3.95. The first-order valence-corrected chi connectivity index (χ1v) is 8.15. The van der Waals surface area contributed by atoms with Crippen LogP contribution in [0.25, 0.3) is 11.3 Å². The summed E-state index contributed by atoms with van der Waals surface area (Å²) in [6, 6.07) is 7.07. The van der Waals surface area contributed by atoms with E-state index in [0.717, 1.165) is 22.9 Å². The van der Waals surface area contributed by atoms with Crippen LogP contribution in [0.2, 0.25) is 0 Å². The van der Waals surface area contributed by atoms with Crippen LogP contribution in [-0.2, 0) is 4.79 Å². The average molecular weight is 313 g/mol. The van der Waals surface area contributed by atoms with Gasteiger partial charge in [0.25, 0.3) is 0 Å². The predicted molar refractivity (Wildman–Crippen MR) is 90.0 cm³/mol. The fourth-order valence-corrected chi connectivity index (χ4v) is 2.51. The molecule has 1 aliphatic carbocycles. The quantitative estimate of drug-likeness (QED) is 0.855. The highest BCUT2D eigenvalue weighted by Crippen LogP contribution is 2.40. The standard InChI is InChI=1S/C18H23N3O2/c1-11(2)9-15(19)17(22)21-14-7-5-12(6-8-14)16-10-20-18(23-16)13-3-4-13/h5-8,10-11,13,15H,3-4,9,19H2,1-2H3,(H,21,22)/t15-/m0/s1. The normalized spacial score (nSPS) is 15.7. The Bertz CT molecular complexity index is 672. The van der Waals surface area contributed by atoms with Gasteiger partial charge in [0, 0.05) is 17.2 Å². The summed E-state index contributed by atoms with van der Waals surface area (Å²) in [6.45, 7) is 4.10. The van der Waals surface area contributed by atoms with Gasteiger partial charge in [-0.15, -0.1) is 0 Å². The number of nitrogens with two attached hydrogens (primary N) is 1. The number of benzene rings is 1. The van der Waals surface area contributed by atoms with Gasteiger partial charge in [-0.25, -0.2) is 4.98 Å². The first-order valence-electron chi connectivity index (χ1n) is 8.15. The summed E-state index contributed by atoms with van der Waals surface area (Å²) in [7, 11) is 0. The zero-order chi connectivity index (χ0) is 16.4. The molecule has 1 aliphatic rings. The van der Waals surface area contributed by atoms with Crippen molar-refractivity contribution in [3.63, 3.8) is 0 Å². The first kappa shape index (κ1) is 15.7. The van der Waals surface area contributed by atoms with E-state index in [4.69, 9.17) is 10.2 Å². The lowest BCUT2D eigenvalue weighted by Crippen LogP contribution is -2.36. The minimum Gasteiger partial charge on any atom is -0.440 e. The van der Waals surface area contributed by atoms with Crippen molar-refractivity contribution in [3.05, 3.63) is 36.4 Å². The molecule has 5 heteroatoms. The molecule has 0 bridgehead atoms. The molecule has 1 heterocycles. The van der Waals surface area contributed by atoms with Crippen molar-refractivity contribution in [2.45, 2.75) is 45.1 Å². The number of hydrogen-bond donors (Lipinski definition) is 2. The van der Waals surface area contributed by atoms with Crippen molar-refractivity contribution >= 4 is 11.6 Å². The molecule has 0 saturated heterocycles. The second kappa shape index (κ2) is 6.54. The van der Waals surface area contributed by atoms with Crippen molar-refractivity contribution < 1.29 is 9.21 Å². The van der Waals surface area contributed by atoms with Gasteiger partial charge in [-0.1, -0.05) is 13.8 Å². The van der Waals surface area contributed by atoms with E-state index in [1.165, 1.54) is 12.8 Å². The Morgan fingerprint density at radius 3 is 2.65 bits per heavy atom. The maximum atomic E-state index is 12.0. The molecule has 122 valence electrons. The molecule has 5 nitrogen and oxygen atoms in total. The van der Waals surface area contributed by atoms with E-state index in [-0.39, 0.29) is 5.91 Å². The van der Waals surface area contributed by atoms with Crippen LogP contribution in [0.15, 0.2) is 34.9 Å². The Labute approximate surface area is 136 Å². The van der Waals surface area contributed by atoms with Crippen LogP contribution in [0.3, 0.4) is 0 Å². The zero-order valence-electron chi connectivity index (χ0n) is 13.6. The maximum absolute atomic E-state index is 12.0. The van der Waals surface area contributed by atoms with Crippen molar-refractivity contribution in [1.29, 1.82) is 0 Å². The molecule has 2 aromatic rings. The third kappa shape index (κ3) is 3.99. The lowest BCUT2D eigenvalue weighted by molar-refractivity contribution is -0.117. The fourth-order valence-electron chi connectivity index (χ4n) is 2.51. The highest BCUT2D eigenvalue weighted by molar-refractivity contribution is 5.94. The third-order valence-corrected chi connectivity index (χ3v) is 3.95. The number of carbonyl (C=O) groups excluding carboxylic acids is 1. The molecule has 1 aromatic heterocycles. The zero-order valence-corrected chi connectivity index (χ0v) is 13.6. The van der Waals surface area contributed by atoms with Gasteiger partial charge in [0.2, 0.25) is 5.91 Å². The van der Waals surface area contributed by atoms with Crippen LogP contribution in [0.5, 0.6) is 0 Å².